The van der Waals surface area contributed by atoms with Gasteiger partial charge in [-0.15, -0.1) is 0 Å². The lowest BCUT2D eigenvalue weighted by atomic mass is 10.4. The second-order valence-corrected chi connectivity index (χ2v) is 2.90. The molecule has 0 N–H and O–H groups in total. The van der Waals surface area contributed by atoms with Crippen molar-refractivity contribution >= 4 is 5.82 Å². The van der Waals surface area contributed by atoms with Gasteiger partial charge in [0, 0.05) is 39.0 Å². The zero-order valence-electron chi connectivity index (χ0n) is 7.74. The largest absolute Gasteiger partial charge is 0.364 e. The number of nitrogens with zero attached hydrogens (tertiary/aromatic N) is 2. The number of anilines is 1. The predicted octanol–water partition coefficient (Wildman–Crippen LogP) is 0.934. The molecule has 0 saturated heterocycles. The third kappa shape index (κ3) is 1.67. The van der Waals surface area contributed by atoms with Crippen LogP contribution >= 0.6 is 0 Å². The van der Waals surface area contributed by atoms with E-state index >= 15 is 0 Å². The van der Waals surface area contributed by atoms with E-state index in [9.17, 15) is 4.79 Å². The lowest BCUT2D eigenvalue weighted by Crippen LogP contribution is -2.18. The Hall–Kier alpha value is -1.25. The first kappa shape index (κ1) is 8.84. The highest BCUT2D eigenvalue weighted by atomic mass is 16.1. The van der Waals surface area contributed by atoms with Gasteiger partial charge in [0.05, 0.1) is 0 Å². The van der Waals surface area contributed by atoms with Crippen molar-refractivity contribution in [2.24, 2.45) is 0 Å². The SMILES string of the molecule is CCn1ccc(=O)cc1N(C)C. The van der Waals surface area contributed by atoms with Crippen LogP contribution in [0.5, 0.6) is 0 Å². The van der Waals surface area contributed by atoms with Crippen LogP contribution in [-0.2, 0) is 6.54 Å². The van der Waals surface area contributed by atoms with Crippen LogP contribution in [0.3, 0.4) is 0 Å². The molecule has 0 atom stereocenters. The molecule has 1 rings (SSSR count). The van der Waals surface area contributed by atoms with Gasteiger partial charge in [-0.3, -0.25) is 4.79 Å². The first-order valence-corrected chi connectivity index (χ1v) is 4.03. The Bertz CT molecular complexity index is 315. The number of hydrogen-bond donors (Lipinski definition) is 0. The maximum Gasteiger partial charge on any atom is 0.183 e. The number of hydrogen-bond acceptors (Lipinski definition) is 2. The van der Waals surface area contributed by atoms with Crippen molar-refractivity contribution < 1.29 is 0 Å². The minimum Gasteiger partial charge on any atom is -0.364 e. The molecule has 0 unspecified atom stereocenters. The van der Waals surface area contributed by atoms with Crippen LogP contribution in [0, 0.1) is 0 Å². The van der Waals surface area contributed by atoms with Crippen LogP contribution in [-0.4, -0.2) is 18.7 Å². The zero-order chi connectivity index (χ0) is 9.14. The number of pyridine rings is 1. The smallest absolute Gasteiger partial charge is 0.183 e. The minimum atomic E-state index is 0.0587. The van der Waals surface area contributed by atoms with Gasteiger partial charge in [0.2, 0.25) is 0 Å². The average molecular weight is 166 g/mol. The van der Waals surface area contributed by atoms with Crippen LogP contribution in [0.4, 0.5) is 5.82 Å². The zero-order valence-corrected chi connectivity index (χ0v) is 7.74. The molecule has 0 aliphatic rings. The van der Waals surface area contributed by atoms with Gasteiger partial charge in [-0.05, 0) is 6.92 Å². The van der Waals surface area contributed by atoms with Crippen molar-refractivity contribution in [3.05, 3.63) is 28.6 Å². The maximum atomic E-state index is 11.0. The summed E-state index contributed by atoms with van der Waals surface area (Å²) in [5, 5.41) is 0. The summed E-state index contributed by atoms with van der Waals surface area (Å²) in [6.07, 6.45) is 1.82. The molecule has 0 radical (unpaired) electrons. The summed E-state index contributed by atoms with van der Waals surface area (Å²) >= 11 is 0. The molecule has 66 valence electrons. The van der Waals surface area contributed by atoms with Gasteiger partial charge >= 0.3 is 0 Å². The first-order valence-electron chi connectivity index (χ1n) is 4.03. The van der Waals surface area contributed by atoms with E-state index in [1.165, 1.54) is 0 Å². The molecule has 0 spiro atoms. The van der Waals surface area contributed by atoms with Gasteiger partial charge in [-0.25, -0.2) is 0 Å². The Balaban J connectivity index is 3.21. The van der Waals surface area contributed by atoms with E-state index in [0.29, 0.717) is 0 Å². The molecule has 0 aromatic carbocycles. The molecule has 3 nitrogen and oxygen atoms in total. The van der Waals surface area contributed by atoms with Gasteiger partial charge in [-0.2, -0.15) is 0 Å². The summed E-state index contributed by atoms with van der Waals surface area (Å²) in [6.45, 7) is 2.94. The fourth-order valence-corrected chi connectivity index (χ4v) is 1.15. The Kier molecular flexibility index (Phi) is 2.53. The summed E-state index contributed by atoms with van der Waals surface area (Å²) in [5.41, 5.74) is 0.0587. The molecule has 0 aliphatic carbocycles. The highest BCUT2D eigenvalue weighted by Crippen LogP contribution is 2.06. The number of aryl methyl sites for hydroxylation is 1. The monoisotopic (exact) mass is 166 g/mol. The summed E-state index contributed by atoms with van der Waals surface area (Å²) in [6, 6.07) is 3.22. The second kappa shape index (κ2) is 3.43. The molecular formula is C9H14N2O. The first-order chi connectivity index (χ1) is 5.65. The Morgan fingerprint density at radius 1 is 1.50 bits per heavy atom. The van der Waals surface area contributed by atoms with Crippen molar-refractivity contribution in [3.8, 4) is 0 Å². The highest BCUT2D eigenvalue weighted by molar-refractivity contribution is 5.37. The molecule has 0 saturated carbocycles. The number of aromatic nitrogens is 1. The van der Waals surface area contributed by atoms with Crippen molar-refractivity contribution in [2.45, 2.75) is 13.5 Å². The van der Waals surface area contributed by atoms with Crippen molar-refractivity contribution in [2.75, 3.05) is 19.0 Å². The average Bonchev–Trinajstić information content (AvgIpc) is 2.04. The molecule has 0 fully saturated rings. The molecule has 1 aromatic rings. The van der Waals surface area contributed by atoms with Crippen molar-refractivity contribution in [1.82, 2.24) is 4.57 Å². The third-order valence-electron chi connectivity index (χ3n) is 1.78. The Labute approximate surface area is 72.2 Å². The van der Waals surface area contributed by atoms with Gasteiger partial charge < -0.3 is 9.47 Å². The molecule has 1 aromatic heterocycles. The molecule has 1 heterocycles. The van der Waals surface area contributed by atoms with E-state index in [2.05, 4.69) is 6.92 Å². The van der Waals surface area contributed by atoms with E-state index in [-0.39, 0.29) is 5.43 Å². The third-order valence-corrected chi connectivity index (χ3v) is 1.78. The quantitative estimate of drug-likeness (QED) is 0.653. The molecule has 0 amide bonds. The van der Waals surface area contributed by atoms with E-state index < -0.39 is 0 Å². The normalized spacial score (nSPS) is 9.92. The highest BCUT2D eigenvalue weighted by Gasteiger charge is 1.99. The molecular weight excluding hydrogens is 152 g/mol. The summed E-state index contributed by atoms with van der Waals surface area (Å²) in [5.74, 6) is 0.949. The Morgan fingerprint density at radius 2 is 2.17 bits per heavy atom. The predicted molar refractivity (Wildman–Crippen MR) is 50.7 cm³/mol. The van der Waals surface area contributed by atoms with E-state index in [4.69, 9.17) is 0 Å². The molecule has 3 heteroatoms. The molecule has 12 heavy (non-hydrogen) atoms. The fraction of sp³-hybridized carbons (Fsp3) is 0.444. The lowest BCUT2D eigenvalue weighted by molar-refractivity contribution is 0.741. The topological polar surface area (TPSA) is 25.2 Å². The summed E-state index contributed by atoms with van der Waals surface area (Å²) < 4.78 is 2.03. The summed E-state index contributed by atoms with van der Waals surface area (Å²) in [7, 11) is 3.86. The molecule has 0 bridgehead atoms. The standard InChI is InChI=1S/C9H14N2O/c1-4-11-6-5-8(12)7-9(11)10(2)3/h5-7H,4H2,1-3H3. The Morgan fingerprint density at radius 3 is 2.67 bits per heavy atom. The summed E-state index contributed by atoms with van der Waals surface area (Å²) in [4.78, 5) is 13.0. The van der Waals surface area contributed by atoms with Crippen LogP contribution in [0.1, 0.15) is 6.92 Å². The van der Waals surface area contributed by atoms with Crippen LogP contribution < -0.4 is 10.3 Å². The lowest BCUT2D eigenvalue weighted by Gasteiger charge is -2.17. The molecule has 0 aliphatic heterocycles. The van der Waals surface area contributed by atoms with Gasteiger partial charge in [0.1, 0.15) is 5.82 Å². The van der Waals surface area contributed by atoms with E-state index in [0.717, 1.165) is 12.4 Å². The van der Waals surface area contributed by atoms with Crippen molar-refractivity contribution in [1.29, 1.82) is 0 Å². The van der Waals surface area contributed by atoms with E-state index in [1.807, 2.05) is 29.8 Å². The van der Waals surface area contributed by atoms with Crippen molar-refractivity contribution in [3.63, 3.8) is 0 Å². The van der Waals surface area contributed by atoms with E-state index in [1.54, 1.807) is 12.1 Å². The van der Waals surface area contributed by atoms with Gasteiger partial charge in [-0.1, -0.05) is 0 Å². The fourth-order valence-electron chi connectivity index (χ4n) is 1.15. The van der Waals surface area contributed by atoms with Gasteiger partial charge in [0.25, 0.3) is 0 Å². The maximum absolute atomic E-state index is 11.0. The minimum absolute atomic E-state index is 0.0587. The second-order valence-electron chi connectivity index (χ2n) is 2.90. The van der Waals surface area contributed by atoms with Crippen LogP contribution in [0.2, 0.25) is 0 Å². The van der Waals surface area contributed by atoms with Crippen LogP contribution in [0.15, 0.2) is 23.1 Å². The number of rotatable bonds is 2. The van der Waals surface area contributed by atoms with Gasteiger partial charge in [0.15, 0.2) is 5.43 Å². The van der Waals surface area contributed by atoms with Crippen LogP contribution in [0.25, 0.3) is 0 Å².